The number of hydrogen-bond donors (Lipinski definition) is 2. The second kappa shape index (κ2) is 6.83. The molecule has 0 unspecified atom stereocenters. The molecule has 20 heavy (non-hydrogen) atoms. The minimum absolute atomic E-state index is 0.0834. The molecule has 0 spiro atoms. The first kappa shape index (κ1) is 15.0. The molecule has 0 bridgehead atoms. The van der Waals surface area contributed by atoms with E-state index >= 15 is 0 Å². The predicted octanol–water partition coefficient (Wildman–Crippen LogP) is 1.17. The van der Waals surface area contributed by atoms with Crippen molar-refractivity contribution < 1.29 is 24.5 Å². The molecule has 1 aromatic carbocycles. The van der Waals surface area contributed by atoms with Crippen molar-refractivity contribution in [2.24, 2.45) is 0 Å². The van der Waals surface area contributed by atoms with Gasteiger partial charge in [0.1, 0.15) is 11.9 Å². The molecule has 0 radical (unpaired) electrons. The lowest BCUT2D eigenvalue weighted by atomic mass is 9.95. The van der Waals surface area contributed by atoms with E-state index < -0.39 is 12.2 Å². The molecule has 0 saturated carbocycles. The topological polar surface area (TPSA) is 76.0 Å². The van der Waals surface area contributed by atoms with Crippen molar-refractivity contribution in [3.8, 4) is 5.75 Å². The maximum absolute atomic E-state index is 12.2. The third-order valence-electron chi connectivity index (χ3n) is 3.58. The number of carbonyl (C=O) groups is 1. The molecular formula is C15H20O5. The van der Waals surface area contributed by atoms with Crippen LogP contribution in [0.5, 0.6) is 5.75 Å². The van der Waals surface area contributed by atoms with Crippen molar-refractivity contribution >= 4 is 5.78 Å². The van der Waals surface area contributed by atoms with E-state index in [1.165, 1.54) is 0 Å². The third-order valence-corrected chi connectivity index (χ3v) is 3.58. The lowest BCUT2D eigenvalue weighted by molar-refractivity contribution is -0.108. The minimum atomic E-state index is -1.20. The number of aliphatic hydroxyl groups is 2. The van der Waals surface area contributed by atoms with Gasteiger partial charge in [0.2, 0.25) is 0 Å². The van der Waals surface area contributed by atoms with Crippen LogP contribution in [0.2, 0.25) is 0 Å². The van der Waals surface area contributed by atoms with Gasteiger partial charge in [0.05, 0.1) is 25.9 Å². The Labute approximate surface area is 118 Å². The molecule has 1 aliphatic heterocycles. The Hall–Kier alpha value is -1.43. The Bertz CT molecular complexity index is 442. The largest absolute Gasteiger partial charge is 0.497 e. The van der Waals surface area contributed by atoms with Gasteiger partial charge in [0.15, 0.2) is 5.78 Å². The molecule has 1 aromatic rings. The highest BCUT2D eigenvalue weighted by molar-refractivity contribution is 5.99. The molecule has 1 aliphatic rings. The lowest BCUT2D eigenvalue weighted by Crippen LogP contribution is -2.42. The normalized spacial score (nSPS) is 24.1. The first-order valence-corrected chi connectivity index (χ1v) is 6.78. The van der Waals surface area contributed by atoms with E-state index in [1.54, 1.807) is 31.4 Å². The number of ketones is 1. The minimum Gasteiger partial charge on any atom is -0.497 e. The zero-order valence-corrected chi connectivity index (χ0v) is 11.5. The van der Waals surface area contributed by atoms with Crippen LogP contribution in [0, 0.1) is 0 Å². The summed E-state index contributed by atoms with van der Waals surface area (Å²) in [5.74, 6) is 0.293. The molecule has 5 nitrogen and oxygen atoms in total. The highest BCUT2D eigenvalue weighted by atomic mass is 16.5. The molecule has 3 atom stereocenters. The van der Waals surface area contributed by atoms with Crippen LogP contribution in [-0.4, -0.2) is 48.0 Å². The molecule has 2 N–H and O–H groups in total. The summed E-state index contributed by atoms with van der Waals surface area (Å²) in [5.41, 5.74) is 0.424. The number of Topliss-reactive ketones (excluding diaryl/α,β-unsaturated/α-hetero) is 1. The van der Waals surface area contributed by atoms with Gasteiger partial charge >= 0.3 is 0 Å². The van der Waals surface area contributed by atoms with Crippen LogP contribution in [-0.2, 0) is 4.74 Å². The van der Waals surface area contributed by atoms with Crippen LogP contribution >= 0.6 is 0 Å². The van der Waals surface area contributed by atoms with E-state index in [0.717, 1.165) is 12.8 Å². The zero-order chi connectivity index (χ0) is 14.5. The fraction of sp³-hybridized carbons (Fsp3) is 0.533. The molecule has 1 fully saturated rings. The van der Waals surface area contributed by atoms with Crippen molar-refractivity contribution in [2.45, 2.75) is 37.6 Å². The molecule has 0 amide bonds. The van der Waals surface area contributed by atoms with Gasteiger partial charge in [-0.05, 0) is 43.5 Å². The molecule has 0 aliphatic carbocycles. The van der Waals surface area contributed by atoms with Crippen LogP contribution in [0.25, 0.3) is 0 Å². The fourth-order valence-electron chi connectivity index (χ4n) is 2.39. The summed E-state index contributed by atoms with van der Waals surface area (Å²) in [6, 6.07) is 6.60. The Kier molecular flexibility index (Phi) is 5.11. The van der Waals surface area contributed by atoms with Gasteiger partial charge in [-0.1, -0.05) is 0 Å². The first-order chi connectivity index (χ1) is 9.65. The Morgan fingerprint density at radius 2 is 2.10 bits per heavy atom. The number of rotatable bonds is 5. The highest BCUT2D eigenvalue weighted by Crippen LogP contribution is 2.23. The summed E-state index contributed by atoms with van der Waals surface area (Å²) in [6.07, 6.45) is 0.194. The number of carbonyl (C=O) groups excluding carboxylic acids is 1. The maximum Gasteiger partial charge on any atom is 0.193 e. The second-order valence-corrected chi connectivity index (χ2v) is 4.95. The van der Waals surface area contributed by atoms with Gasteiger partial charge in [-0.3, -0.25) is 4.79 Å². The first-order valence-electron chi connectivity index (χ1n) is 6.78. The van der Waals surface area contributed by atoms with Gasteiger partial charge < -0.3 is 19.7 Å². The molecular weight excluding hydrogens is 260 g/mol. The number of aliphatic hydroxyl groups excluding tert-OH is 2. The van der Waals surface area contributed by atoms with Crippen LogP contribution in [0.1, 0.15) is 29.6 Å². The van der Waals surface area contributed by atoms with Crippen molar-refractivity contribution in [1.29, 1.82) is 0 Å². The molecule has 2 rings (SSSR count). The summed E-state index contributed by atoms with van der Waals surface area (Å²) in [4.78, 5) is 12.2. The fourth-order valence-corrected chi connectivity index (χ4v) is 2.39. The molecule has 1 saturated heterocycles. The molecule has 1 heterocycles. The SMILES string of the molecule is COc1ccc(C(=O)[C@@H](O)[C@H]2CCC[C@@H](CO)O2)cc1. The third kappa shape index (κ3) is 3.36. The number of ether oxygens (including phenoxy) is 2. The van der Waals surface area contributed by atoms with Crippen molar-refractivity contribution in [3.63, 3.8) is 0 Å². The van der Waals surface area contributed by atoms with E-state index in [2.05, 4.69) is 0 Å². The van der Waals surface area contributed by atoms with Crippen molar-refractivity contribution in [2.75, 3.05) is 13.7 Å². The van der Waals surface area contributed by atoms with E-state index in [9.17, 15) is 9.90 Å². The van der Waals surface area contributed by atoms with Crippen LogP contribution in [0.3, 0.4) is 0 Å². The van der Waals surface area contributed by atoms with E-state index in [-0.39, 0.29) is 18.5 Å². The Morgan fingerprint density at radius 1 is 1.40 bits per heavy atom. The average molecular weight is 280 g/mol. The Balaban J connectivity index is 2.03. The van der Waals surface area contributed by atoms with Crippen LogP contribution in [0.4, 0.5) is 0 Å². The smallest absolute Gasteiger partial charge is 0.193 e. The van der Waals surface area contributed by atoms with Gasteiger partial charge in [0.25, 0.3) is 0 Å². The maximum atomic E-state index is 12.2. The Morgan fingerprint density at radius 3 is 2.70 bits per heavy atom. The molecule has 110 valence electrons. The van der Waals surface area contributed by atoms with Gasteiger partial charge in [-0.15, -0.1) is 0 Å². The van der Waals surface area contributed by atoms with E-state index in [0.29, 0.717) is 17.7 Å². The molecule has 0 aromatic heterocycles. The summed E-state index contributed by atoms with van der Waals surface area (Å²) < 4.78 is 10.6. The summed E-state index contributed by atoms with van der Waals surface area (Å²) >= 11 is 0. The summed E-state index contributed by atoms with van der Waals surface area (Å²) in [7, 11) is 1.55. The van der Waals surface area contributed by atoms with E-state index in [4.69, 9.17) is 14.6 Å². The van der Waals surface area contributed by atoms with Crippen molar-refractivity contribution in [1.82, 2.24) is 0 Å². The van der Waals surface area contributed by atoms with Crippen LogP contribution in [0.15, 0.2) is 24.3 Å². The van der Waals surface area contributed by atoms with Crippen molar-refractivity contribution in [3.05, 3.63) is 29.8 Å². The monoisotopic (exact) mass is 280 g/mol. The van der Waals surface area contributed by atoms with Crippen LogP contribution < -0.4 is 4.74 Å². The lowest BCUT2D eigenvalue weighted by Gasteiger charge is -2.31. The van der Waals surface area contributed by atoms with Gasteiger partial charge in [-0.2, -0.15) is 0 Å². The number of benzene rings is 1. The number of hydrogen-bond acceptors (Lipinski definition) is 5. The predicted molar refractivity (Wildman–Crippen MR) is 72.9 cm³/mol. The zero-order valence-electron chi connectivity index (χ0n) is 11.5. The second-order valence-electron chi connectivity index (χ2n) is 4.95. The standard InChI is InChI=1S/C15H20O5/c1-19-11-7-5-10(6-8-11)14(17)15(18)13-4-2-3-12(9-16)20-13/h5-8,12-13,15-16,18H,2-4,9H2,1H3/t12-,13+,15-/m0/s1. The van der Waals surface area contributed by atoms with E-state index in [1.807, 2.05) is 0 Å². The van der Waals surface area contributed by atoms with Gasteiger partial charge in [0, 0.05) is 5.56 Å². The average Bonchev–Trinajstić information content (AvgIpc) is 2.53. The number of methoxy groups -OCH3 is 1. The molecule has 5 heteroatoms. The summed E-state index contributed by atoms with van der Waals surface area (Å²) in [5, 5.41) is 19.2. The highest BCUT2D eigenvalue weighted by Gasteiger charge is 2.32. The summed E-state index contributed by atoms with van der Waals surface area (Å²) in [6.45, 7) is -0.0834. The quantitative estimate of drug-likeness (QED) is 0.792. The van der Waals surface area contributed by atoms with Gasteiger partial charge in [-0.25, -0.2) is 0 Å².